The molecule has 3 fully saturated rings. The number of nitrogens with zero attached hydrogens (tertiary/aromatic N) is 1. The maximum absolute atomic E-state index is 14.1. The molecule has 144 valence electrons. The quantitative estimate of drug-likeness (QED) is 0.707. The Kier molecular flexibility index (Phi) is 3.65. The summed E-state index contributed by atoms with van der Waals surface area (Å²) in [7, 11) is 0. The number of halogens is 3. The number of phenolic OH excluding ortho intramolecular Hbond substituents is 1. The highest BCUT2D eigenvalue weighted by Gasteiger charge is 2.44. The molecular formula is C20H15F3N2O3. The average Bonchev–Trinajstić information content (AvgIpc) is 3.31. The molecule has 2 bridgehead atoms. The third-order valence-electron chi connectivity index (χ3n) is 5.75. The Hall–Kier alpha value is -3.03. The van der Waals surface area contributed by atoms with E-state index in [0.717, 1.165) is 19.3 Å². The van der Waals surface area contributed by atoms with Crippen molar-refractivity contribution in [1.82, 2.24) is 10.3 Å². The smallest absolute Gasteiger partial charge is 0.251 e. The Morgan fingerprint density at radius 2 is 1.93 bits per heavy atom. The first-order chi connectivity index (χ1) is 13.4. The topological polar surface area (TPSA) is 75.4 Å². The fourth-order valence-corrected chi connectivity index (χ4v) is 4.24. The van der Waals surface area contributed by atoms with Crippen LogP contribution in [-0.2, 0) is 0 Å². The standard InChI is InChI=1S/C20H15F3N2O3/c21-11-7-12(22)18(26)17(23)16(11)20-25-14-6-9(1-2-15(14)28-20)19(27)24-13-5-8-3-10(13)4-8/h1-2,6-8,10,13,26H,3-5H2,(H,24,27). The molecule has 3 saturated carbocycles. The van der Waals surface area contributed by atoms with Crippen molar-refractivity contribution in [1.29, 1.82) is 0 Å². The number of rotatable bonds is 3. The number of fused-ring (bicyclic) bond motifs is 2. The second-order valence-corrected chi connectivity index (χ2v) is 7.49. The third-order valence-corrected chi connectivity index (χ3v) is 5.75. The van der Waals surface area contributed by atoms with Gasteiger partial charge in [-0.2, -0.15) is 0 Å². The molecule has 1 atom stereocenters. The number of nitrogens with one attached hydrogen (secondary N) is 1. The third kappa shape index (κ3) is 2.55. The summed E-state index contributed by atoms with van der Waals surface area (Å²) in [5.74, 6) is -4.90. The van der Waals surface area contributed by atoms with Crippen LogP contribution in [0.3, 0.4) is 0 Å². The van der Waals surface area contributed by atoms with Crippen molar-refractivity contribution in [3.63, 3.8) is 0 Å². The number of aromatic hydroxyl groups is 1. The number of hydrogen-bond donors (Lipinski definition) is 2. The Morgan fingerprint density at radius 1 is 1.14 bits per heavy atom. The fourth-order valence-electron chi connectivity index (χ4n) is 4.24. The number of phenols is 1. The van der Waals surface area contributed by atoms with Gasteiger partial charge in [-0.3, -0.25) is 4.79 Å². The number of hydrogen-bond acceptors (Lipinski definition) is 4. The van der Waals surface area contributed by atoms with E-state index in [0.29, 0.717) is 23.5 Å². The lowest BCUT2D eigenvalue weighted by Gasteiger charge is -2.24. The van der Waals surface area contributed by atoms with Gasteiger partial charge in [-0.05, 0) is 49.3 Å². The van der Waals surface area contributed by atoms with Gasteiger partial charge in [0.2, 0.25) is 5.89 Å². The van der Waals surface area contributed by atoms with Crippen LogP contribution >= 0.6 is 0 Å². The second-order valence-electron chi connectivity index (χ2n) is 7.49. The van der Waals surface area contributed by atoms with Crippen LogP contribution in [0.15, 0.2) is 28.7 Å². The van der Waals surface area contributed by atoms with Crippen LogP contribution in [0.1, 0.15) is 29.6 Å². The molecule has 1 amide bonds. The molecule has 1 heterocycles. The number of oxazole rings is 1. The SMILES string of the molecule is O=C(NC1CC2CC1C2)c1ccc2oc(-c3c(F)cc(F)c(O)c3F)nc2c1. The summed E-state index contributed by atoms with van der Waals surface area (Å²) in [6.07, 6.45) is 3.33. The molecule has 0 saturated heterocycles. The molecule has 6 rings (SSSR count). The summed E-state index contributed by atoms with van der Waals surface area (Å²) in [4.78, 5) is 16.5. The number of benzene rings is 2. The highest BCUT2D eigenvalue weighted by Crippen LogP contribution is 2.48. The van der Waals surface area contributed by atoms with Gasteiger partial charge in [0.05, 0.1) is 0 Å². The number of carbonyl (C=O) groups excluding carboxylic acids is 1. The zero-order chi connectivity index (χ0) is 19.6. The summed E-state index contributed by atoms with van der Waals surface area (Å²) in [5, 5.41) is 12.4. The molecule has 1 unspecified atom stereocenters. The number of aromatic nitrogens is 1. The van der Waals surface area contributed by atoms with E-state index in [2.05, 4.69) is 10.3 Å². The Balaban J connectivity index is 1.47. The van der Waals surface area contributed by atoms with Crippen molar-refractivity contribution in [2.45, 2.75) is 25.3 Å². The van der Waals surface area contributed by atoms with Crippen LogP contribution in [0.25, 0.3) is 22.6 Å². The van der Waals surface area contributed by atoms with Gasteiger partial charge in [-0.25, -0.2) is 18.2 Å². The first-order valence-electron chi connectivity index (χ1n) is 8.99. The predicted molar refractivity (Wildman–Crippen MR) is 93.1 cm³/mol. The summed E-state index contributed by atoms with van der Waals surface area (Å²) in [6.45, 7) is 0. The van der Waals surface area contributed by atoms with Gasteiger partial charge in [0.1, 0.15) is 16.9 Å². The summed E-state index contributed by atoms with van der Waals surface area (Å²) in [6, 6.07) is 5.03. The Labute approximate surface area is 157 Å². The summed E-state index contributed by atoms with van der Waals surface area (Å²) >= 11 is 0. The maximum Gasteiger partial charge on any atom is 0.251 e. The first-order valence-corrected chi connectivity index (χ1v) is 8.99. The predicted octanol–water partition coefficient (Wildman–Crippen LogP) is 4.15. The van der Waals surface area contributed by atoms with Gasteiger partial charge in [0.25, 0.3) is 5.91 Å². The molecule has 8 heteroatoms. The molecule has 28 heavy (non-hydrogen) atoms. The zero-order valence-corrected chi connectivity index (χ0v) is 14.5. The lowest BCUT2D eigenvalue weighted by molar-refractivity contribution is 0.0929. The molecule has 0 aliphatic heterocycles. The van der Waals surface area contributed by atoms with Crippen molar-refractivity contribution in [3.05, 3.63) is 47.3 Å². The van der Waals surface area contributed by atoms with Crippen molar-refractivity contribution in [2.75, 3.05) is 0 Å². The van der Waals surface area contributed by atoms with Crippen molar-refractivity contribution < 1.29 is 27.5 Å². The molecule has 2 aromatic carbocycles. The van der Waals surface area contributed by atoms with Crippen molar-refractivity contribution >= 4 is 17.0 Å². The minimum Gasteiger partial charge on any atom is -0.503 e. The van der Waals surface area contributed by atoms with E-state index in [1.54, 1.807) is 6.07 Å². The van der Waals surface area contributed by atoms with Crippen LogP contribution in [0.2, 0.25) is 0 Å². The molecule has 3 aromatic rings. The number of carbonyl (C=O) groups is 1. The van der Waals surface area contributed by atoms with Gasteiger partial charge in [0, 0.05) is 17.7 Å². The molecule has 3 aliphatic carbocycles. The highest BCUT2D eigenvalue weighted by molar-refractivity contribution is 5.97. The minimum atomic E-state index is -1.50. The van der Waals surface area contributed by atoms with Gasteiger partial charge < -0.3 is 14.8 Å². The van der Waals surface area contributed by atoms with Gasteiger partial charge in [0.15, 0.2) is 23.0 Å². The van der Waals surface area contributed by atoms with Gasteiger partial charge in [-0.15, -0.1) is 0 Å². The Bertz CT molecular complexity index is 1120. The molecule has 0 radical (unpaired) electrons. The van der Waals surface area contributed by atoms with Crippen molar-refractivity contribution in [2.24, 2.45) is 11.8 Å². The lowest BCUT2D eigenvalue weighted by atomic mass is 9.84. The van der Waals surface area contributed by atoms with E-state index in [1.807, 2.05) is 0 Å². The molecule has 5 nitrogen and oxygen atoms in total. The fraction of sp³-hybridized carbons (Fsp3) is 0.300. The first kappa shape index (κ1) is 17.1. The minimum absolute atomic E-state index is 0.187. The maximum atomic E-state index is 14.1. The Morgan fingerprint density at radius 3 is 2.64 bits per heavy atom. The van der Waals surface area contributed by atoms with Gasteiger partial charge >= 0.3 is 0 Å². The van der Waals surface area contributed by atoms with Crippen LogP contribution in [0.4, 0.5) is 13.2 Å². The van der Waals surface area contributed by atoms with Crippen LogP contribution in [0.5, 0.6) is 5.75 Å². The average molecular weight is 388 g/mol. The van der Waals surface area contributed by atoms with E-state index in [4.69, 9.17) is 4.42 Å². The van der Waals surface area contributed by atoms with Crippen LogP contribution in [0, 0.1) is 29.3 Å². The number of amides is 1. The molecule has 1 aromatic heterocycles. The van der Waals surface area contributed by atoms with E-state index in [-0.39, 0.29) is 23.0 Å². The van der Waals surface area contributed by atoms with Crippen LogP contribution < -0.4 is 5.32 Å². The van der Waals surface area contributed by atoms with Crippen molar-refractivity contribution in [3.8, 4) is 17.2 Å². The second kappa shape index (κ2) is 5.98. The largest absolute Gasteiger partial charge is 0.503 e. The lowest BCUT2D eigenvalue weighted by Crippen LogP contribution is -2.36. The molecule has 3 aliphatic rings. The van der Waals surface area contributed by atoms with E-state index >= 15 is 0 Å². The molecular weight excluding hydrogens is 373 g/mol. The zero-order valence-electron chi connectivity index (χ0n) is 14.5. The molecule has 2 N–H and O–H groups in total. The summed E-state index contributed by atoms with van der Waals surface area (Å²) in [5.41, 5.74) is 0.0180. The normalized spacial score (nSPS) is 23.0. The van der Waals surface area contributed by atoms with Gasteiger partial charge in [-0.1, -0.05) is 0 Å². The summed E-state index contributed by atoms with van der Waals surface area (Å²) < 4.78 is 46.7. The monoisotopic (exact) mass is 388 g/mol. The van der Waals surface area contributed by atoms with E-state index in [1.165, 1.54) is 12.1 Å². The molecule has 0 spiro atoms. The van der Waals surface area contributed by atoms with E-state index in [9.17, 15) is 23.1 Å². The van der Waals surface area contributed by atoms with E-state index < -0.39 is 34.7 Å². The van der Waals surface area contributed by atoms with Crippen LogP contribution in [-0.4, -0.2) is 22.0 Å². The highest BCUT2D eigenvalue weighted by atomic mass is 19.1.